The molecule has 14 heavy (non-hydrogen) atoms. The van der Waals surface area contributed by atoms with Crippen LogP contribution in [0.15, 0.2) is 24.3 Å². The van der Waals surface area contributed by atoms with Gasteiger partial charge in [0.2, 0.25) is 0 Å². The van der Waals surface area contributed by atoms with Crippen LogP contribution in [0.3, 0.4) is 0 Å². The fraction of sp³-hybridized carbons (Fsp3) is 0. The highest BCUT2D eigenvalue weighted by atomic mass is 16.7. The van der Waals surface area contributed by atoms with Gasteiger partial charge in [-0.3, -0.25) is 9.59 Å². The molecular weight excluding hydrogens is 188 g/mol. The van der Waals surface area contributed by atoms with Crippen molar-refractivity contribution in [3.05, 3.63) is 39.9 Å². The quantitative estimate of drug-likeness (QED) is 0.366. The number of benzene rings is 1. The number of hydrazine groups is 1. The molecule has 0 bridgehead atoms. The van der Waals surface area contributed by atoms with Crippen LogP contribution in [-0.2, 0) is 4.79 Å². The number of nitrogens with zero attached hydrogens (tertiary/aromatic N) is 2. The van der Waals surface area contributed by atoms with E-state index in [9.17, 15) is 19.7 Å². The molecule has 0 N–H and O–H groups in total. The molecule has 1 aliphatic rings. The smallest absolute Gasteiger partial charge is 0.283 e. The number of hydrogen-bond acceptors (Lipinski definition) is 4. The maximum atomic E-state index is 11.2. The molecule has 1 aliphatic heterocycles. The Hall–Kier alpha value is -2.24. The monoisotopic (exact) mass is 192 g/mol. The number of nitro groups is 1. The van der Waals surface area contributed by atoms with Crippen LogP contribution in [0, 0.1) is 10.1 Å². The summed E-state index contributed by atoms with van der Waals surface area (Å²) in [6.45, 7) is 0. The summed E-state index contributed by atoms with van der Waals surface area (Å²) in [5, 5.41) is 9.84. The van der Waals surface area contributed by atoms with Crippen molar-refractivity contribution in [2.75, 3.05) is 5.01 Å². The van der Waals surface area contributed by atoms with E-state index in [2.05, 4.69) is 0 Å². The molecule has 0 fully saturated rings. The average molecular weight is 192 g/mol. The van der Waals surface area contributed by atoms with Gasteiger partial charge in [0.25, 0.3) is 5.78 Å². The molecule has 0 saturated heterocycles. The Morgan fingerprint density at radius 2 is 1.86 bits per heavy atom. The van der Waals surface area contributed by atoms with E-state index < -0.39 is 16.7 Å². The highest BCUT2D eigenvalue weighted by molar-refractivity contribution is 6.51. The minimum atomic E-state index is -1.11. The number of hydrogen-bond donors (Lipinski definition) is 0. The Balaban J connectivity index is 2.64. The van der Waals surface area contributed by atoms with E-state index in [4.69, 9.17) is 0 Å². The first kappa shape index (κ1) is 8.36. The van der Waals surface area contributed by atoms with Crippen molar-refractivity contribution >= 4 is 17.4 Å². The Labute approximate surface area is 77.9 Å². The van der Waals surface area contributed by atoms with Gasteiger partial charge in [-0.2, -0.15) is 0 Å². The highest BCUT2D eigenvalue weighted by Crippen LogP contribution is 2.27. The predicted molar refractivity (Wildman–Crippen MR) is 45.3 cm³/mol. The van der Waals surface area contributed by atoms with Crippen LogP contribution in [-0.4, -0.2) is 16.7 Å². The molecule has 0 unspecified atom stereocenters. The minimum absolute atomic E-state index is 0.0347. The summed E-state index contributed by atoms with van der Waals surface area (Å²) in [6.07, 6.45) is 0. The molecule has 0 spiro atoms. The number of carbonyl (C=O) groups is 2. The van der Waals surface area contributed by atoms with Crippen molar-refractivity contribution in [3.8, 4) is 0 Å². The van der Waals surface area contributed by atoms with Gasteiger partial charge in [-0.25, -0.2) is 10.1 Å². The van der Waals surface area contributed by atoms with Gasteiger partial charge >= 0.3 is 5.91 Å². The summed E-state index contributed by atoms with van der Waals surface area (Å²) in [7, 11) is 0. The van der Waals surface area contributed by atoms with Gasteiger partial charge in [0.05, 0.1) is 5.56 Å². The lowest BCUT2D eigenvalue weighted by molar-refractivity contribution is -0.482. The number of Topliss-reactive ketones (excluding diaryl/α,β-unsaturated/α-hetero) is 1. The maximum absolute atomic E-state index is 11.2. The van der Waals surface area contributed by atoms with E-state index >= 15 is 0 Å². The SMILES string of the molecule is O=C1C(=O)N([N+](=O)[O-])c2ccccc21. The standard InChI is InChI=1S/C8H4N2O4/c11-7-5-3-1-2-4-6(5)9(8(7)12)10(13)14/h1-4H. The summed E-state index contributed by atoms with van der Waals surface area (Å²) in [5.74, 6) is -1.95. The van der Waals surface area contributed by atoms with Crippen LogP contribution in [0.2, 0.25) is 0 Å². The Morgan fingerprint density at radius 3 is 2.50 bits per heavy atom. The van der Waals surface area contributed by atoms with Crippen molar-refractivity contribution in [3.63, 3.8) is 0 Å². The first-order chi connectivity index (χ1) is 6.63. The van der Waals surface area contributed by atoms with Gasteiger partial charge in [0.15, 0.2) is 5.03 Å². The number of fused-ring (bicyclic) bond motifs is 1. The molecule has 2 rings (SSSR count). The fourth-order valence-corrected chi connectivity index (χ4v) is 1.33. The molecule has 0 aliphatic carbocycles. The van der Waals surface area contributed by atoms with Gasteiger partial charge in [-0.15, -0.1) is 0 Å². The first-order valence-electron chi connectivity index (χ1n) is 3.75. The molecule has 1 aromatic rings. The number of rotatable bonds is 1. The number of carbonyl (C=O) groups excluding carboxylic acids is 2. The minimum Gasteiger partial charge on any atom is -0.283 e. The third kappa shape index (κ3) is 0.905. The molecule has 70 valence electrons. The molecule has 1 heterocycles. The van der Waals surface area contributed by atoms with Crippen molar-refractivity contribution < 1.29 is 14.6 Å². The molecule has 0 atom stereocenters. The second-order valence-electron chi connectivity index (χ2n) is 2.70. The number of ketones is 1. The molecule has 0 saturated carbocycles. The third-order valence-electron chi connectivity index (χ3n) is 1.93. The molecular formula is C8H4N2O4. The van der Waals surface area contributed by atoms with E-state index in [0.29, 0.717) is 0 Å². The zero-order chi connectivity index (χ0) is 10.3. The van der Waals surface area contributed by atoms with E-state index in [-0.39, 0.29) is 16.3 Å². The largest absolute Gasteiger partial charge is 0.360 e. The lowest BCUT2D eigenvalue weighted by Gasteiger charge is -2.02. The van der Waals surface area contributed by atoms with Crippen molar-refractivity contribution in [2.24, 2.45) is 0 Å². The van der Waals surface area contributed by atoms with Gasteiger partial charge in [-0.05, 0) is 17.1 Å². The topological polar surface area (TPSA) is 80.5 Å². The van der Waals surface area contributed by atoms with Gasteiger partial charge in [-0.1, -0.05) is 12.1 Å². The van der Waals surface area contributed by atoms with Crippen molar-refractivity contribution in [1.29, 1.82) is 0 Å². The fourth-order valence-electron chi connectivity index (χ4n) is 1.33. The second-order valence-corrected chi connectivity index (χ2v) is 2.70. The van der Waals surface area contributed by atoms with Crippen molar-refractivity contribution in [2.45, 2.75) is 0 Å². The van der Waals surface area contributed by atoms with Crippen LogP contribution in [0.1, 0.15) is 10.4 Å². The Morgan fingerprint density at radius 1 is 1.21 bits per heavy atom. The highest BCUT2D eigenvalue weighted by Gasteiger charge is 2.43. The van der Waals surface area contributed by atoms with Gasteiger partial charge in [0.1, 0.15) is 5.69 Å². The zero-order valence-electron chi connectivity index (χ0n) is 6.84. The molecule has 1 aromatic carbocycles. The molecule has 0 aromatic heterocycles. The lowest BCUT2D eigenvalue weighted by atomic mass is 10.1. The van der Waals surface area contributed by atoms with Gasteiger partial charge in [0, 0.05) is 0 Å². The van der Waals surface area contributed by atoms with Gasteiger partial charge < -0.3 is 0 Å². The summed E-state index contributed by atoms with van der Waals surface area (Å²) >= 11 is 0. The van der Waals surface area contributed by atoms with Crippen LogP contribution >= 0.6 is 0 Å². The number of anilines is 1. The zero-order valence-corrected chi connectivity index (χ0v) is 6.84. The molecule has 6 nitrogen and oxygen atoms in total. The second kappa shape index (κ2) is 2.63. The van der Waals surface area contributed by atoms with Crippen LogP contribution < -0.4 is 5.01 Å². The van der Waals surface area contributed by atoms with E-state index in [0.717, 1.165) is 0 Å². The molecule has 1 amide bonds. The maximum Gasteiger partial charge on any atom is 0.360 e. The third-order valence-corrected chi connectivity index (χ3v) is 1.93. The molecule has 0 radical (unpaired) electrons. The first-order valence-corrected chi connectivity index (χ1v) is 3.75. The average Bonchev–Trinajstić information content (AvgIpc) is 2.41. The Bertz CT molecular complexity index is 454. The predicted octanol–water partition coefficient (Wildman–Crippen LogP) is 0.408. The Kier molecular flexibility index (Phi) is 1.57. The summed E-state index contributed by atoms with van der Waals surface area (Å²) < 4.78 is 0. The van der Waals surface area contributed by atoms with Crippen LogP contribution in [0.5, 0.6) is 0 Å². The number of amides is 1. The normalized spacial score (nSPS) is 14.4. The van der Waals surface area contributed by atoms with E-state index in [1.165, 1.54) is 18.2 Å². The molecule has 6 heteroatoms. The van der Waals surface area contributed by atoms with Crippen molar-refractivity contribution in [1.82, 2.24) is 0 Å². The number of para-hydroxylation sites is 1. The van der Waals surface area contributed by atoms with E-state index in [1.807, 2.05) is 0 Å². The van der Waals surface area contributed by atoms with E-state index in [1.54, 1.807) is 6.07 Å². The summed E-state index contributed by atoms with van der Waals surface area (Å²) in [5.41, 5.74) is 0.113. The summed E-state index contributed by atoms with van der Waals surface area (Å²) in [4.78, 5) is 32.8. The summed E-state index contributed by atoms with van der Waals surface area (Å²) in [6, 6.07) is 5.83. The lowest BCUT2D eigenvalue weighted by Crippen LogP contribution is -2.34. The van der Waals surface area contributed by atoms with Crippen LogP contribution in [0.4, 0.5) is 5.69 Å². The van der Waals surface area contributed by atoms with Crippen LogP contribution in [0.25, 0.3) is 0 Å².